The van der Waals surface area contributed by atoms with Crippen LogP contribution in [0.4, 0.5) is 0 Å². The molecule has 0 unspecified atom stereocenters. The third-order valence-corrected chi connectivity index (χ3v) is 10.6. The number of carbonyl (C=O) groups excluding carboxylic acids is 1. The number of hydrogen-bond donors (Lipinski definition) is 2. The second-order valence-corrected chi connectivity index (χ2v) is 13.0. The molecule has 0 spiro atoms. The van der Waals surface area contributed by atoms with Crippen LogP contribution >= 0.6 is 0 Å². The number of rotatable bonds is 9. The summed E-state index contributed by atoms with van der Waals surface area (Å²) in [7, 11) is -3.96. The predicted octanol–water partition coefficient (Wildman–Crippen LogP) is 4.85. The summed E-state index contributed by atoms with van der Waals surface area (Å²) < 4.78 is 30.8. The molecule has 2 saturated carbocycles. The highest BCUT2D eigenvalue weighted by atomic mass is 32.2. The quantitative estimate of drug-likeness (QED) is 0.425. The van der Waals surface area contributed by atoms with Crippen LogP contribution < -0.4 is 4.72 Å². The number of ketones is 1. The van der Waals surface area contributed by atoms with Gasteiger partial charge < -0.3 is 5.11 Å². The van der Waals surface area contributed by atoms with E-state index in [0.717, 1.165) is 12.0 Å². The zero-order valence-corrected chi connectivity index (χ0v) is 22.2. The van der Waals surface area contributed by atoms with E-state index in [1.807, 2.05) is 105 Å². The van der Waals surface area contributed by atoms with E-state index in [9.17, 15) is 18.3 Å². The van der Waals surface area contributed by atoms with Crippen LogP contribution in [0.15, 0.2) is 91.0 Å². The highest BCUT2D eigenvalue weighted by Crippen LogP contribution is 2.64. The molecule has 0 amide bonds. The van der Waals surface area contributed by atoms with Gasteiger partial charge in [-0.05, 0) is 47.3 Å². The van der Waals surface area contributed by atoms with Crippen molar-refractivity contribution in [2.75, 3.05) is 5.75 Å². The molecule has 0 aromatic heterocycles. The summed E-state index contributed by atoms with van der Waals surface area (Å²) in [4.78, 5) is 13.1. The lowest BCUT2D eigenvalue weighted by molar-refractivity contribution is -0.128. The number of benzene rings is 3. The Hall–Kier alpha value is -2.80. The zero-order valence-electron chi connectivity index (χ0n) is 21.4. The molecule has 2 bridgehead atoms. The summed E-state index contributed by atoms with van der Waals surface area (Å²) in [6.07, 6.45) is 2.19. The Morgan fingerprint density at radius 1 is 0.919 bits per heavy atom. The number of sulfonamides is 1. The minimum atomic E-state index is -3.96. The van der Waals surface area contributed by atoms with E-state index >= 15 is 0 Å². The van der Waals surface area contributed by atoms with Crippen molar-refractivity contribution in [3.63, 3.8) is 0 Å². The van der Waals surface area contributed by atoms with E-state index in [1.54, 1.807) is 0 Å². The second kappa shape index (κ2) is 9.50. The molecule has 0 radical (unpaired) electrons. The molecule has 0 heterocycles. The van der Waals surface area contributed by atoms with Crippen molar-refractivity contribution < 1.29 is 18.3 Å². The average Bonchev–Trinajstić information content (AvgIpc) is 3.23. The molecular weight excluding hydrogens is 482 g/mol. The molecule has 5 rings (SSSR count). The summed E-state index contributed by atoms with van der Waals surface area (Å²) >= 11 is 0. The molecule has 37 heavy (non-hydrogen) atoms. The zero-order chi connectivity index (χ0) is 26.3. The van der Waals surface area contributed by atoms with Gasteiger partial charge in [-0.25, -0.2) is 13.1 Å². The van der Waals surface area contributed by atoms with Crippen molar-refractivity contribution in [1.82, 2.24) is 4.72 Å². The lowest BCUT2D eigenvalue weighted by Gasteiger charge is -2.40. The smallest absolute Gasteiger partial charge is 0.212 e. The van der Waals surface area contributed by atoms with Gasteiger partial charge >= 0.3 is 0 Å². The van der Waals surface area contributed by atoms with Gasteiger partial charge in [-0.2, -0.15) is 0 Å². The Morgan fingerprint density at radius 3 is 1.89 bits per heavy atom. The van der Waals surface area contributed by atoms with Gasteiger partial charge in [0.25, 0.3) is 0 Å². The Kier molecular flexibility index (Phi) is 6.63. The molecule has 194 valence electrons. The van der Waals surface area contributed by atoms with Crippen LogP contribution in [-0.2, 0) is 26.8 Å². The van der Waals surface area contributed by atoms with Crippen LogP contribution in [0.3, 0.4) is 0 Å². The van der Waals surface area contributed by atoms with E-state index in [-0.39, 0.29) is 29.3 Å². The Labute approximate surface area is 220 Å². The predicted molar refractivity (Wildman–Crippen MR) is 145 cm³/mol. The van der Waals surface area contributed by atoms with Crippen LogP contribution in [0.2, 0.25) is 0 Å². The fourth-order valence-electron chi connectivity index (χ4n) is 6.77. The SMILES string of the molecule is CC1(C)[C@@H]2CC[C@@]1(CS(=O)(=O)N[C@@H](Cc1ccccc1)C(O)(c1ccccc1)c1ccccc1)C(=O)C2. The Bertz CT molecular complexity index is 1320. The number of nitrogens with one attached hydrogen (secondary N) is 1. The third kappa shape index (κ3) is 4.45. The van der Waals surface area contributed by atoms with Crippen molar-refractivity contribution in [2.24, 2.45) is 16.7 Å². The molecule has 2 fully saturated rings. The first kappa shape index (κ1) is 25.8. The van der Waals surface area contributed by atoms with E-state index in [0.29, 0.717) is 24.0 Å². The number of fused-ring (bicyclic) bond motifs is 2. The molecule has 3 aromatic rings. The summed E-state index contributed by atoms with van der Waals surface area (Å²) in [5, 5.41) is 12.5. The lowest BCUT2D eigenvalue weighted by Crippen LogP contribution is -2.55. The summed E-state index contributed by atoms with van der Waals surface area (Å²) in [6, 6.07) is 27.1. The van der Waals surface area contributed by atoms with Crippen molar-refractivity contribution in [2.45, 2.75) is 51.2 Å². The highest BCUT2D eigenvalue weighted by Gasteiger charge is 2.65. The van der Waals surface area contributed by atoms with Crippen molar-refractivity contribution >= 4 is 15.8 Å². The average molecular weight is 518 g/mol. The van der Waals surface area contributed by atoms with Crippen LogP contribution in [-0.4, -0.2) is 31.1 Å². The van der Waals surface area contributed by atoms with Crippen molar-refractivity contribution in [1.29, 1.82) is 0 Å². The Morgan fingerprint density at radius 2 is 1.43 bits per heavy atom. The fraction of sp³-hybridized carbons (Fsp3) is 0.387. The van der Waals surface area contributed by atoms with Gasteiger partial charge in [0.2, 0.25) is 10.0 Å². The summed E-state index contributed by atoms with van der Waals surface area (Å²) in [5.74, 6) is 0.0220. The molecule has 3 atom stereocenters. The third-order valence-electron chi connectivity index (χ3n) is 9.11. The monoisotopic (exact) mass is 517 g/mol. The Balaban J connectivity index is 1.58. The maximum atomic E-state index is 13.9. The summed E-state index contributed by atoms with van der Waals surface area (Å²) in [6.45, 7) is 4.08. The van der Waals surface area contributed by atoms with Crippen LogP contribution in [0.5, 0.6) is 0 Å². The first-order valence-electron chi connectivity index (χ1n) is 13.0. The minimum absolute atomic E-state index is 0.0557. The van der Waals surface area contributed by atoms with Crippen molar-refractivity contribution in [3.8, 4) is 0 Å². The first-order chi connectivity index (χ1) is 17.6. The minimum Gasteiger partial charge on any atom is -0.379 e. The maximum Gasteiger partial charge on any atom is 0.212 e. The number of Topliss-reactive ketones (excluding diaryl/α,β-unsaturated/α-hetero) is 1. The molecule has 2 aliphatic rings. The van der Waals surface area contributed by atoms with Gasteiger partial charge in [-0.3, -0.25) is 4.79 Å². The molecular formula is C31H35NO4S. The van der Waals surface area contributed by atoms with Crippen LogP contribution in [0.1, 0.15) is 49.8 Å². The molecule has 5 nitrogen and oxygen atoms in total. The van der Waals surface area contributed by atoms with Crippen molar-refractivity contribution in [3.05, 3.63) is 108 Å². The fourth-order valence-corrected chi connectivity index (χ4v) is 8.87. The molecule has 0 aliphatic heterocycles. The number of aliphatic hydroxyl groups is 1. The normalized spacial score (nSPS) is 23.8. The van der Waals surface area contributed by atoms with Gasteiger partial charge in [0.15, 0.2) is 0 Å². The van der Waals surface area contributed by atoms with Gasteiger partial charge in [0.05, 0.1) is 11.8 Å². The maximum absolute atomic E-state index is 13.9. The molecule has 2 N–H and O–H groups in total. The van der Waals surface area contributed by atoms with Crippen LogP contribution in [0.25, 0.3) is 0 Å². The van der Waals surface area contributed by atoms with E-state index in [2.05, 4.69) is 4.72 Å². The van der Waals surface area contributed by atoms with Crippen LogP contribution in [0, 0.1) is 16.7 Å². The van der Waals surface area contributed by atoms with E-state index < -0.39 is 27.1 Å². The highest BCUT2D eigenvalue weighted by molar-refractivity contribution is 7.89. The van der Waals surface area contributed by atoms with E-state index in [4.69, 9.17) is 0 Å². The topological polar surface area (TPSA) is 83.5 Å². The second-order valence-electron chi connectivity index (χ2n) is 11.3. The van der Waals surface area contributed by atoms with Gasteiger partial charge in [0, 0.05) is 11.8 Å². The van der Waals surface area contributed by atoms with Gasteiger partial charge in [-0.1, -0.05) is 105 Å². The standard InChI is InChI=1S/C31H35NO4S/c1-29(2)26-18-19-30(29,28(33)21-26)22-37(35,36)32-27(20-23-12-6-3-7-13-23)31(34,24-14-8-4-9-15-24)25-16-10-5-11-17-25/h3-17,26-27,32,34H,18-22H2,1-2H3/t26-,27+,30-/m1/s1. The first-order valence-corrected chi connectivity index (χ1v) is 14.6. The molecule has 2 aliphatic carbocycles. The van der Waals surface area contributed by atoms with E-state index in [1.165, 1.54) is 0 Å². The van der Waals surface area contributed by atoms with Gasteiger partial charge in [0.1, 0.15) is 11.4 Å². The number of carbonyl (C=O) groups is 1. The molecule has 6 heteroatoms. The molecule has 3 aromatic carbocycles. The largest absolute Gasteiger partial charge is 0.379 e. The molecule has 0 saturated heterocycles. The number of hydrogen-bond acceptors (Lipinski definition) is 4. The van der Waals surface area contributed by atoms with Gasteiger partial charge in [-0.15, -0.1) is 0 Å². The lowest BCUT2D eigenvalue weighted by atomic mass is 9.70. The summed E-state index contributed by atoms with van der Waals surface area (Å²) in [5.41, 5.74) is -0.808.